The number of amides is 1. The summed E-state index contributed by atoms with van der Waals surface area (Å²) < 4.78 is 0. The molecule has 0 aliphatic rings. The van der Waals surface area contributed by atoms with E-state index in [0.29, 0.717) is 6.54 Å². The summed E-state index contributed by atoms with van der Waals surface area (Å²) in [5.41, 5.74) is -0.317. The molecule has 0 radical (unpaired) electrons. The van der Waals surface area contributed by atoms with Crippen LogP contribution in [0.1, 0.15) is 47.5 Å². The molecule has 0 unspecified atom stereocenters. The third-order valence-electron chi connectivity index (χ3n) is 3.11. The minimum atomic E-state index is -0.317. The Morgan fingerprint density at radius 3 is 2.19 bits per heavy atom. The van der Waals surface area contributed by atoms with Crippen LogP contribution in [0.15, 0.2) is 0 Å². The van der Waals surface area contributed by atoms with Crippen LogP contribution in [0.5, 0.6) is 0 Å². The van der Waals surface area contributed by atoms with Gasteiger partial charge in [-0.3, -0.25) is 4.79 Å². The fourth-order valence-corrected chi connectivity index (χ4v) is 1.65. The summed E-state index contributed by atoms with van der Waals surface area (Å²) in [7, 11) is 0. The summed E-state index contributed by atoms with van der Waals surface area (Å²) >= 11 is 0. The van der Waals surface area contributed by atoms with Crippen molar-refractivity contribution in [2.45, 2.75) is 47.5 Å². The lowest BCUT2D eigenvalue weighted by atomic mass is 9.91. The van der Waals surface area contributed by atoms with E-state index in [0.717, 1.165) is 19.0 Å². The van der Waals surface area contributed by atoms with E-state index < -0.39 is 0 Å². The van der Waals surface area contributed by atoms with Gasteiger partial charge in [-0.05, 0) is 33.2 Å². The van der Waals surface area contributed by atoms with Crippen molar-refractivity contribution in [1.82, 2.24) is 10.6 Å². The topological polar surface area (TPSA) is 41.1 Å². The van der Waals surface area contributed by atoms with Gasteiger partial charge in [0.15, 0.2) is 0 Å². The second-order valence-corrected chi connectivity index (χ2v) is 5.06. The SMILES string of the molecule is CCNC(=O)C(C)(C)CNCC(CC)CC. The lowest BCUT2D eigenvalue weighted by Gasteiger charge is -2.25. The molecule has 0 fully saturated rings. The molecule has 16 heavy (non-hydrogen) atoms. The lowest BCUT2D eigenvalue weighted by Crippen LogP contribution is -2.44. The minimum absolute atomic E-state index is 0.132. The van der Waals surface area contributed by atoms with Crippen LogP contribution in [0.3, 0.4) is 0 Å². The Morgan fingerprint density at radius 2 is 1.75 bits per heavy atom. The van der Waals surface area contributed by atoms with Gasteiger partial charge in [-0.1, -0.05) is 26.7 Å². The average Bonchev–Trinajstić information content (AvgIpc) is 2.24. The molecular formula is C13H28N2O. The molecule has 0 aromatic rings. The van der Waals surface area contributed by atoms with E-state index in [1.54, 1.807) is 0 Å². The molecule has 0 heterocycles. The maximum atomic E-state index is 11.7. The van der Waals surface area contributed by atoms with E-state index in [4.69, 9.17) is 0 Å². The zero-order valence-corrected chi connectivity index (χ0v) is 11.5. The average molecular weight is 228 g/mol. The van der Waals surface area contributed by atoms with Crippen molar-refractivity contribution >= 4 is 5.91 Å². The molecule has 3 nitrogen and oxygen atoms in total. The first-order valence-corrected chi connectivity index (χ1v) is 6.46. The first kappa shape index (κ1) is 15.4. The maximum absolute atomic E-state index is 11.7. The van der Waals surface area contributed by atoms with Gasteiger partial charge in [0.25, 0.3) is 0 Å². The summed E-state index contributed by atoms with van der Waals surface area (Å²) in [4.78, 5) is 11.7. The first-order chi connectivity index (χ1) is 7.47. The fraction of sp³-hybridized carbons (Fsp3) is 0.923. The quantitative estimate of drug-likeness (QED) is 0.668. The minimum Gasteiger partial charge on any atom is -0.356 e. The summed E-state index contributed by atoms with van der Waals surface area (Å²) in [5, 5.41) is 6.28. The van der Waals surface area contributed by atoms with Crippen molar-refractivity contribution in [1.29, 1.82) is 0 Å². The molecule has 2 N–H and O–H groups in total. The zero-order valence-electron chi connectivity index (χ0n) is 11.5. The van der Waals surface area contributed by atoms with Crippen molar-refractivity contribution in [2.75, 3.05) is 19.6 Å². The Bertz CT molecular complexity index is 198. The highest BCUT2D eigenvalue weighted by atomic mass is 16.2. The number of rotatable bonds is 8. The monoisotopic (exact) mass is 228 g/mol. The fourth-order valence-electron chi connectivity index (χ4n) is 1.65. The molecule has 1 amide bonds. The molecule has 0 atom stereocenters. The highest BCUT2D eigenvalue weighted by Crippen LogP contribution is 2.14. The van der Waals surface area contributed by atoms with Crippen LogP contribution in [0.25, 0.3) is 0 Å². The van der Waals surface area contributed by atoms with Crippen LogP contribution in [0.4, 0.5) is 0 Å². The van der Waals surface area contributed by atoms with Crippen LogP contribution in [0, 0.1) is 11.3 Å². The molecule has 0 saturated carbocycles. The molecule has 0 bridgehead atoms. The van der Waals surface area contributed by atoms with Crippen molar-refractivity contribution in [3.63, 3.8) is 0 Å². The largest absolute Gasteiger partial charge is 0.356 e. The van der Waals surface area contributed by atoms with Gasteiger partial charge < -0.3 is 10.6 Å². The smallest absolute Gasteiger partial charge is 0.226 e. The molecular weight excluding hydrogens is 200 g/mol. The number of carbonyl (C=O) groups is 1. The van der Waals surface area contributed by atoms with Crippen LogP contribution in [-0.4, -0.2) is 25.5 Å². The van der Waals surface area contributed by atoms with Crippen molar-refractivity contribution in [2.24, 2.45) is 11.3 Å². The number of carbonyl (C=O) groups excluding carboxylic acids is 1. The van der Waals surface area contributed by atoms with Gasteiger partial charge in [0.05, 0.1) is 5.41 Å². The first-order valence-electron chi connectivity index (χ1n) is 6.46. The van der Waals surface area contributed by atoms with Gasteiger partial charge in [-0.15, -0.1) is 0 Å². The lowest BCUT2D eigenvalue weighted by molar-refractivity contribution is -0.129. The molecule has 0 aromatic carbocycles. The summed E-state index contributed by atoms with van der Waals surface area (Å²) in [6.45, 7) is 12.8. The summed E-state index contributed by atoms with van der Waals surface area (Å²) in [5.74, 6) is 0.858. The Hall–Kier alpha value is -0.570. The number of hydrogen-bond acceptors (Lipinski definition) is 2. The molecule has 0 rings (SSSR count). The van der Waals surface area contributed by atoms with E-state index in [9.17, 15) is 4.79 Å². The third-order valence-corrected chi connectivity index (χ3v) is 3.11. The summed E-state index contributed by atoms with van der Waals surface area (Å²) in [6, 6.07) is 0. The Balaban J connectivity index is 3.94. The van der Waals surface area contributed by atoms with Gasteiger partial charge in [-0.2, -0.15) is 0 Å². The normalized spacial score (nSPS) is 11.9. The van der Waals surface area contributed by atoms with Crippen LogP contribution in [0.2, 0.25) is 0 Å². The molecule has 0 saturated heterocycles. The van der Waals surface area contributed by atoms with Gasteiger partial charge in [0, 0.05) is 13.1 Å². The van der Waals surface area contributed by atoms with Crippen molar-refractivity contribution in [3.05, 3.63) is 0 Å². The Labute approximate surface area is 100 Å². The maximum Gasteiger partial charge on any atom is 0.226 e. The van der Waals surface area contributed by atoms with E-state index in [-0.39, 0.29) is 11.3 Å². The second-order valence-electron chi connectivity index (χ2n) is 5.06. The van der Waals surface area contributed by atoms with Crippen molar-refractivity contribution < 1.29 is 4.79 Å². The highest BCUT2D eigenvalue weighted by molar-refractivity contribution is 5.81. The molecule has 0 aliphatic carbocycles. The number of nitrogens with one attached hydrogen (secondary N) is 2. The predicted octanol–water partition coefficient (Wildman–Crippen LogP) is 2.17. The number of hydrogen-bond donors (Lipinski definition) is 2. The standard InChI is InChI=1S/C13H28N2O/c1-6-11(7-2)9-14-10-13(4,5)12(16)15-8-3/h11,14H,6-10H2,1-5H3,(H,15,16). The zero-order chi connectivity index (χ0) is 12.6. The van der Waals surface area contributed by atoms with Gasteiger partial charge in [0.2, 0.25) is 5.91 Å². The van der Waals surface area contributed by atoms with E-state index in [1.807, 2.05) is 20.8 Å². The summed E-state index contributed by atoms with van der Waals surface area (Å²) in [6.07, 6.45) is 2.40. The highest BCUT2D eigenvalue weighted by Gasteiger charge is 2.26. The van der Waals surface area contributed by atoms with Gasteiger partial charge >= 0.3 is 0 Å². The van der Waals surface area contributed by atoms with E-state index >= 15 is 0 Å². The molecule has 0 aliphatic heterocycles. The van der Waals surface area contributed by atoms with Crippen LogP contribution >= 0.6 is 0 Å². The van der Waals surface area contributed by atoms with Gasteiger partial charge in [0.1, 0.15) is 0 Å². The van der Waals surface area contributed by atoms with Gasteiger partial charge in [-0.25, -0.2) is 0 Å². The van der Waals surface area contributed by atoms with E-state index in [2.05, 4.69) is 24.5 Å². The Morgan fingerprint density at radius 1 is 1.19 bits per heavy atom. The van der Waals surface area contributed by atoms with Crippen LogP contribution < -0.4 is 10.6 Å². The van der Waals surface area contributed by atoms with Crippen LogP contribution in [-0.2, 0) is 4.79 Å². The molecule has 0 spiro atoms. The molecule has 96 valence electrons. The van der Waals surface area contributed by atoms with E-state index in [1.165, 1.54) is 12.8 Å². The second kappa shape index (κ2) is 7.66. The molecule has 0 aromatic heterocycles. The predicted molar refractivity (Wildman–Crippen MR) is 69.4 cm³/mol. The van der Waals surface area contributed by atoms with Crippen molar-refractivity contribution in [3.8, 4) is 0 Å². The molecule has 3 heteroatoms. The Kier molecular flexibility index (Phi) is 7.39. The third kappa shape index (κ3) is 5.50.